The first-order valence-electron chi connectivity index (χ1n) is 7.10. The number of pyridine rings is 2. The number of anilines is 1. The highest BCUT2D eigenvalue weighted by Gasteiger charge is 2.08. The van der Waals surface area contributed by atoms with Gasteiger partial charge in [-0.15, -0.1) is 0 Å². The van der Waals surface area contributed by atoms with Gasteiger partial charge in [0.2, 0.25) is 0 Å². The van der Waals surface area contributed by atoms with E-state index < -0.39 is 0 Å². The minimum atomic E-state index is 0.572. The zero-order chi connectivity index (χ0) is 14.9. The van der Waals surface area contributed by atoms with Crippen LogP contribution in [-0.2, 0) is 6.54 Å². The van der Waals surface area contributed by atoms with Crippen LogP contribution in [-0.4, -0.2) is 15.1 Å². The lowest BCUT2D eigenvalue weighted by Gasteiger charge is -2.04. The number of nitrogens with one attached hydrogen (secondary N) is 1. The molecule has 0 saturated carbocycles. The van der Waals surface area contributed by atoms with Gasteiger partial charge in [0.25, 0.3) is 0 Å². The minimum Gasteiger partial charge on any atom is -0.361 e. The SMILES string of the molecule is Cc1ccc2onc(NCc3ccc4cccnc4n3)c2c1. The summed E-state index contributed by atoms with van der Waals surface area (Å²) < 4.78 is 5.32. The normalized spacial score (nSPS) is 11.1. The van der Waals surface area contributed by atoms with E-state index in [1.54, 1.807) is 6.20 Å². The lowest BCUT2D eigenvalue weighted by Crippen LogP contribution is -2.02. The molecule has 1 aromatic carbocycles. The molecular weight excluding hydrogens is 276 g/mol. The van der Waals surface area contributed by atoms with Crippen LogP contribution >= 0.6 is 0 Å². The van der Waals surface area contributed by atoms with Gasteiger partial charge in [-0.25, -0.2) is 9.97 Å². The van der Waals surface area contributed by atoms with Gasteiger partial charge in [0.1, 0.15) is 0 Å². The third-order valence-corrected chi connectivity index (χ3v) is 3.58. The summed E-state index contributed by atoms with van der Waals surface area (Å²) in [6.07, 6.45) is 1.75. The summed E-state index contributed by atoms with van der Waals surface area (Å²) >= 11 is 0. The van der Waals surface area contributed by atoms with E-state index >= 15 is 0 Å². The zero-order valence-corrected chi connectivity index (χ0v) is 12.1. The molecular formula is C17H14N4O. The standard InChI is InChI=1S/C17H14N4O/c1-11-4-7-15-14(9-11)17(21-22-15)19-10-13-6-5-12-3-2-8-18-16(12)20-13/h2-9H,10H2,1H3,(H,19,21). The highest BCUT2D eigenvalue weighted by Crippen LogP contribution is 2.24. The highest BCUT2D eigenvalue weighted by molar-refractivity contribution is 5.88. The van der Waals surface area contributed by atoms with Crippen molar-refractivity contribution in [3.8, 4) is 0 Å². The molecule has 0 fully saturated rings. The van der Waals surface area contributed by atoms with Crippen molar-refractivity contribution in [1.82, 2.24) is 15.1 Å². The lowest BCUT2D eigenvalue weighted by atomic mass is 10.2. The van der Waals surface area contributed by atoms with Gasteiger partial charge in [0.05, 0.1) is 17.6 Å². The fourth-order valence-corrected chi connectivity index (χ4v) is 2.44. The van der Waals surface area contributed by atoms with Gasteiger partial charge in [-0.3, -0.25) is 0 Å². The van der Waals surface area contributed by atoms with Crippen molar-refractivity contribution >= 4 is 27.8 Å². The molecule has 0 unspecified atom stereocenters. The number of fused-ring (bicyclic) bond motifs is 2. The summed E-state index contributed by atoms with van der Waals surface area (Å²) in [6, 6.07) is 13.9. The molecule has 22 heavy (non-hydrogen) atoms. The second kappa shape index (κ2) is 5.11. The maximum atomic E-state index is 5.32. The molecule has 0 aliphatic carbocycles. The van der Waals surface area contributed by atoms with Crippen LogP contribution in [0.5, 0.6) is 0 Å². The fourth-order valence-electron chi connectivity index (χ4n) is 2.44. The van der Waals surface area contributed by atoms with E-state index in [-0.39, 0.29) is 0 Å². The summed E-state index contributed by atoms with van der Waals surface area (Å²) in [5.41, 5.74) is 3.62. The van der Waals surface area contributed by atoms with Gasteiger partial charge in [-0.2, -0.15) is 0 Å². The van der Waals surface area contributed by atoms with Crippen molar-refractivity contribution in [2.24, 2.45) is 0 Å². The van der Waals surface area contributed by atoms with E-state index in [9.17, 15) is 0 Å². The minimum absolute atomic E-state index is 0.572. The molecule has 5 heteroatoms. The monoisotopic (exact) mass is 290 g/mol. The summed E-state index contributed by atoms with van der Waals surface area (Å²) in [7, 11) is 0. The molecule has 0 amide bonds. The molecule has 0 radical (unpaired) electrons. The maximum Gasteiger partial charge on any atom is 0.177 e. The molecule has 0 aliphatic rings. The van der Waals surface area contributed by atoms with Crippen molar-refractivity contribution in [2.45, 2.75) is 13.5 Å². The first kappa shape index (κ1) is 12.8. The molecule has 3 aromatic heterocycles. The topological polar surface area (TPSA) is 63.8 Å². The Kier molecular flexibility index (Phi) is 2.96. The number of hydrogen-bond acceptors (Lipinski definition) is 5. The Labute approximate surface area is 127 Å². The summed E-state index contributed by atoms with van der Waals surface area (Å²) in [4.78, 5) is 8.82. The second-order valence-corrected chi connectivity index (χ2v) is 5.24. The number of nitrogens with zero attached hydrogens (tertiary/aromatic N) is 3. The van der Waals surface area contributed by atoms with Crippen LogP contribution in [0.1, 0.15) is 11.3 Å². The number of benzene rings is 1. The van der Waals surface area contributed by atoms with Gasteiger partial charge in [0, 0.05) is 11.6 Å². The van der Waals surface area contributed by atoms with Gasteiger partial charge < -0.3 is 9.84 Å². The van der Waals surface area contributed by atoms with Crippen LogP contribution in [0.25, 0.3) is 22.0 Å². The first-order valence-corrected chi connectivity index (χ1v) is 7.10. The summed E-state index contributed by atoms with van der Waals surface area (Å²) in [6.45, 7) is 2.62. The largest absolute Gasteiger partial charge is 0.361 e. The number of aromatic nitrogens is 3. The van der Waals surface area contributed by atoms with Crippen LogP contribution < -0.4 is 5.32 Å². The molecule has 0 saturated heterocycles. The molecule has 108 valence electrons. The molecule has 0 atom stereocenters. The van der Waals surface area contributed by atoms with E-state index in [1.807, 2.05) is 43.3 Å². The molecule has 0 spiro atoms. The zero-order valence-electron chi connectivity index (χ0n) is 12.1. The van der Waals surface area contributed by atoms with Crippen LogP contribution in [0, 0.1) is 6.92 Å². The van der Waals surface area contributed by atoms with Gasteiger partial charge >= 0.3 is 0 Å². The Bertz CT molecular complexity index is 961. The molecule has 5 nitrogen and oxygen atoms in total. The molecule has 4 aromatic rings. The Hall–Kier alpha value is -2.95. The Morgan fingerprint density at radius 2 is 2.09 bits per heavy atom. The van der Waals surface area contributed by atoms with E-state index in [0.717, 1.165) is 33.5 Å². The molecule has 0 aliphatic heterocycles. The number of rotatable bonds is 3. The Morgan fingerprint density at radius 1 is 1.14 bits per heavy atom. The van der Waals surface area contributed by atoms with Gasteiger partial charge in [0.15, 0.2) is 17.0 Å². The van der Waals surface area contributed by atoms with Crippen molar-refractivity contribution in [2.75, 3.05) is 5.32 Å². The Morgan fingerprint density at radius 3 is 3.05 bits per heavy atom. The van der Waals surface area contributed by atoms with E-state index in [0.29, 0.717) is 6.54 Å². The highest BCUT2D eigenvalue weighted by atomic mass is 16.5. The van der Waals surface area contributed by atoms with E-state index in [4.69, 9.17) is 4.52 Å². The predicted molar refractivity (Wildman–Crippen MR) is 85.6 cm³/mol. The van der Waals surface area contributed by atoms with Gasteiger partial charge in [-0.05, 0) is 43.3 Å². The Balaban J connectivity index is 1.61. The summed E-state index contributed by atoms with van der Waals surface area (Å²) in [5.74, 6) is 0.738. The third-order valence-electron chi connectivity index (χ3n) is 3.58. The summed E-state index contributed by atoms with van der Waals surface area (Å²) in [5, 5.41) is 9.39. The van der Waals surface area contributed by atoms with Crippen LogP contribution in [0.3, 0.4) is 0 Å². The second-order valence-electron chi connectivity index (χ2n) is 5.24. The predicted octanol–water partition coefficient (Wildman–Crippen LogP) is 3.69. The molecule has 4 rings (SSSR count). The smallest absolute Gasteiger partial charge is 0.177 e. The number of hydrogen-bond donors (Lipinski definition) is 1. The lowest BCUT2D eigenvalue weighted by molar-refractivity contribution is 0.459. The molecule has 0 bridgehead atoms. The van der Waals surface area contributed by atoms with E-state index in [2.05, 4.69) is 26.5 Å². The third kappa shape index (κ3) is 2.26. The van der Waals surface area contributed by atoms with Crippen LogP contribution in [0.15, 0.2) is 53.2 Å². The average molecular weight is 290 g/mol. The maximum absolute atomic E-state index is 5.32. The molecule has 3 heterocycles. The van der Waals surface area contributed by atoms with Crippen LogP contribution in [0.4, 0.5) is 5.82 Å². The number of aryl methyl sites for hydroxylation is 1. The van der Waals surface area contributed by atoms with E-state index in [1.165, 1.54) is 5.56 Å². The quantitative estimate of drug-likeness (QED) is 0.623. The average Bonchev–Trinajstić information content (AvgIpc) is 2.95. The van der Waals surface area contributed by atoms with Crippen molar-refractivity contribution < 1.29 is 4.52 Å². The van der Waals surface area contributed by atoms with Crippen molar-refractivity contribution in [3.05, 3.63) is 59.9 Å². The van der Waals surface area contributed by atoms with Gasteiger partial charge in [-0.1, -0.05) is 16.8 Å². The van der Waals surface area contributed by atoms with Crippen molar-refractivity contribution in [3.63, 3.8) is 0 Å². The van der Waals surface area contributed by atoms with Crippen LogP contribution in [0.2, 0.25) is 0 Å². The fraction of sp³-hybridized carbons (Fsp3) is 0.118. The first-order chi connectivity index (χ1) is 10.8. The molecule has 1 N–H and O–H groups in total. The van der Waals surface area contributed by atoms with Crippen molar-refractivity contribution in [1.29, 1.82) is 0 Å².